The van der Waals surface area contributed by atoms with Gasteiger partial charge in [-0.05, 0) is 44.7 Å². The number of rotatable bonds is 2. The summed E-state index contributed by atoms with van der Waals surface area (Å²) in [5.74, 6) is 0. The summed E-state index contributed by atoms with van der Waals surface area (Å²) in [6.45, 7) is 7.29. The van der Waals surface area contributed by atoms with Crippen LogP contribution >= 0.6 is 15.9 Å². The van der Waals surface area contributed by atoms with Gasteiger partial charge < -0.3 is 10.6 Å². The molecule has 1 aliphatic rings. The van der Waals surface area contributed by atoms with Crippen molar-refractivity contribution < 1.29 is 0 Å². The lowest BCUT2D eigenvalue weighted by Crippen LogP contribution is -2.55. The third-order valence-electron chi connectivity index (χ3n) is 3.90. The van der Waals surface area contributed by atoms with Crippen molar-refractivity contribution in [3.8, 4) is 0 Å². The summed E-state index contributed by atoms with van der Waals surface area (Å²) in [5.41, 5.74) is 8.20. The molecule has 0 amide bonds. The van der Waals surface area contributed by atoms with Crippen LogP contribution in [0.15, 0.2) is 22.7 Å². The van der Waals surface area contributed by atoms with Crippen molar-refractivity contribution >= 4 is 21.6 Å². The lowest BCUT2D eigenvalue weighted by atomic mass is 10.1. The number of hydrogen-bond acceptors (Lipinski definition) is 3. The third-order valence-corrected chi connectivity index (χ3v) is 4.36. The van der Waals surface area contributed by atoms with E-state index >= 15 is 0 Å². The van der Waals surface area contributed by atoms with Gasteiger partial charge in [0.05, 0.1) is 0 Å². The van der Waals surface area contributed by atoms with E-state index in [1.54, 1.807) is 0 Å². The summed E-state index contributed by atoms with van der Waals surface area (Å²) >= 11 is 3.57. The highest BCUT2D eigenvalue weighted by Crippen LogP contribution is 2.26. The topological polar surface area (TPSA) is 32.5 Å². The number of piperazine rings is 1. The smallest absolute Gasteiger partial charge is 0.0381 e. The van der Waals surface area contributed by atoms with Crippen LogP contribution in [0.1, 0.15) is 19.4 Å². The highest BCUT2D eigenvalue weighted by atomic mass is 79.9. The highest BCUT2D eigenvalue weighted by molar-refractivity contribution is 9.10. The number of hydrogen-bond donors (Lipinski definition) is 1. The molecule has 18 heavy (non-hydrogen) atoms. The molecule has 2 atom stereocenters. The number of anilines is 1. The summed E-state index contributed by atoms with van der Waals surface area (Å²) in [6.07, 6.45) is 0. The van der Waals surface area contributed by atoms with Gasteiger partial charge in [-0.15, -0.1) is 0 Å². The Labute approximate surface area is 118 Å². The number of nitrogens with zero attached hydrogens (tertiary/aromatic N) is 2. The SMILES string of the molecule is CC1CN(c2cc(Br)cc(CN)c2)CC(C)N1C. The maximum atomic E-state index is 5.75. The van der Waals surface area contributed by atoms with E-state index in [0.29, 0.717) is 18.6 Å². The Hall–Kier alpha value is -0.580. The molecule has 1 fully saturated rings. The molecule has 0 aliphatic carbocycles. The number of halogens is 1. The zero-order chi connectivity index (χ0) is 13.3. The molecule has 1 aromatic rings. The Balaban J connectivity index is 2.23. The van der Waals surface area contributed by atoms with Crippen molar-refractivity contribution in [2.45, 2.75) is 32.5 Å². The highest BCUT2D eigenvalue weighted by Gasteiger charge is 2.26. The molecule has 0 saturated carbocycles. The Kier molecular flexibility index (Phi) is 4.30. The van der Waals surface area contributed by atoms with E-state index in [1.807, 2.05) is 0 Å². The van der Waals surface area contributed by atoms with Crippen LogP contribution in [-0.4, -0.2) is 37.1 Å². The van der Waals surface area contributed by atoms with E-state index in [9.17, 15) is 0 Å². The standard InChI is InChI=1S/C14H22BrN3/c1-10-8-18(9-11(2)17(10)3)14-5-12(7-16)4-13(15)6-14/h4-6,10-11H,7-9,16H2,1-3H3. The molecular weight excluding hydrogens is 290 g/mol. The first-order valence-electron chi connectivity index (χ1n) is 6.47. The summed E-state index contributed by atoms with van der Waals surface area (Å²) in [6, 6.07) is 7.63. The lowest BCUT2D eigenvalue weighted by molar-refractivity contribution is 0.170. The largest absolute Gasteiger partial charge is 0.368 e. The molecule has 4 heteroatoms. The Morgan fingerprint density at radius 1 is 1.22 bits per heavy atom. The molecule has 2 N–H and O–H groups in total. The maximum Gasteiger partial charge on any atom is 0.0381 e. The second-order valence-electron chi connectivity index (χ2n) is 5.29. The van der Waals surface area contributed by atoms with Gasteiger partial charge in [0, 0.05) is 41.9 Å². The molecule has 1 aromatic carbocycles. The average Bonchev–Trinajstić information content (AvgIpc) is 2.34. The maximum absolute atomic E-state index is 5.75. The second-order valence-corrected chi connectivity index (χ2v) is 6.21. The molecule has 1 heterocycles. The van der Waals surface area contributed by atoms with Gasteiger partial charge in [0.15, 0.2) is 0 Å². The van der Waals surface area contributed by atoms with Crippen molar-refractivity contribution in [2.24, 2.45) is 5.73 Å². The van der Waals surface area contributed by atoms with E-state index in [1.165, 1.54) is 11.3 Å². The van der Waals surface area contributed by atoms with Crippen LogP contribution in [0, 0.1) is 0 Å². The van der Waals surface area contributed by atoms with Crippen LogP contribution in [0.25, 0.3) is 0 Å². The predicted molar refractivity (Wildman–Crippen MR) is 80.9 cm³/mol. The molecule has 2 rings (SSSR count). The minimum atomic E-state index is 0.578. The average molecular weight is 312 g/mol. The fourth-order valence-electron chi connectivity index (χ4n) is 2.55. The Morgan fingerprint density at radius 2 is 1.83 bits per heavy atom. The van der Waals surface area contributed by atoms with Gasteiger partial charge in [0.1, 0.15) is 0 Å². The molecule has 2 unspecified atom stereocenters. The lowest BCUT2D eigenvalue weighted by Gasteiger charge is -2.43. The van der Waals surface area contributed by atoms with Gasteiger partial charge in [0.25, 0.3) is 0 Å². The first-order valence-corrected chi connectivity index (χ1v) is 7.27. The van der Waals surface area contributed by atoms with Crippen molar-refractivity contribution in [1.29, 1.82) is 0 Å². The van der Waals surface area contributed by atoms with E-state index in [4.69, 9.17) is 5.73 Å². The van der Waals surface area contributed by atoms with E-state index in [2.05, 4.69) is 64.8 Å². The molecule has 100 valence electrons. The van der Waals surface area contributed by atoms with Gasteiger partial charge in [-0.2, -0.15) is 0 Å². The summed E-state index contributed by atoms with van der Waals surface area (Å²) in [7, 11) is 2.21. The normalized spacial score (nSPS) is 25.5. The van der Waals surface area contributed by atoms with E-state index < -0.39 is 0 Å². The molecule has 0 aromatic heterocycles. The van der Waals surface area contributed by atoms with Gasteiger partial charge >= 0.3 is 0 Å². The molecule has 1 aliphatic heterocycles. The van der Waals surface area contributed by atoms with E-state index in [-0.39, 0.29) is 0 Å². The van der Waals surface area contributed by atoms with Crippen LogP contribution in [-0.2, 0) is 6.54 Å². The molecule has 0 spiro atoms. The van der Waals surface area contributed by atoms with E-state index in [0.717, 1.165) is 17.6 Å². The van der Waals surface area contributed by atoms with Crippen LogP contribution in [0.2, 0.25) is 0 Å². The van der Waals surface area contributed by atoms with Crippen molar-refractivity contribution in [1.82, 2.24) is 4.90 Å². The summed E-state index contributed by atoms with van der Waals surface area (Å²) in [5, 5.41) is 0. The first-order chi connectivity index (χ1) is 8.51. The van der Waals surface area contributed by atoms with Crippen molar-refractivity contribution in [2.75, 3.05) is 25.0 Å². The third kappa shape index (κ3) is 2.87. The summed E-state index contributed by atoms with van der Waals surface area (Å²) in [4.78, 5) is 4.90. The fraction of sp³-hybridized carbons (Fsp3) is 0.571. The Bertz CT molecular complexity index is 410. The molecule has 1 saturated heterocycles. The second kappa shape index (κ2) is 5.59. The molecule has 3 nitrogen and oxygen atoms in total. The van der Waals surface area contributed by atoms with Crippen LogP contribution in [0.5, 0.6) is 0 Å². The quantitative estimate of drug-likeness (QED) is 0.910. The number of likely N-dealkylation sites (N-methyl/N-ethyl adjacent to an activating group) is 1. The monoisotopic (exact) mass is 311 g/mol. The van der Waals surface area contributed by atoms with Crippen LogP contribution in [0.4, 0.5) is 5.69 Å². The van der Waals surface area contributed by atoms with Gasteiger partial charge in [0.2, 0.25) is 0 Å². The van der Waals surface area contributed by atoms with Crippen LogP contribution in [0.3, 0.4) is 0 Å². The summed E-state index contributed by atoms with van der Waals surface area (Å²) < 4.78 is 1.11. The molecule has 0 bridgehead atoms. The zero-order valence-electron chi connectivity index (χ0n) is 11.4. The predicted octanol–water partition coefficient (Wildman–Crippen LogP) is 2.44. The van der Waals surface area contributed by atoms with Gasteiger partial charge in [-0.1, -0.05) is 15.9 Å². The molecule has 0 radical (unpaired) electrons. The van der Waals surface area contributed by atoms with Gasteiger partial charge in [-0.25, -0.2) is 0 Å². The number of benzene rings is 1. The van der Waals surface area contributed by atoms with Crippen LogP contribution < -0.4 is 10.6 Å². The van der Waals surface area contributed by atoms with Gasteiger partial charge in [-0.3, -0.25) is 4.90 Å². The number of nitrogens with two attached hydrogens (primary N) is 1. The fourth-order valence-corrected chi connectivity index (χ4v) is 3.08. The zero-order valence-corrected chi connectivity index (χ0v) is 12.9. The first kappa shape index (κ1) is 13.8. The minimum absolute atomic E-state index is 0.578. The molecular formula is C14H22BrN3. The minimum Gasteiger partial charge on any atom is -0.368 e. The Morgan fingerprint density at radius 3 is 2.39 bits per heavy atom. The van der Waals surface area contributed by atoms with Crippen molar-refractivity contribution in [3.05, 3.63) is 28.2 Å². The van der Waals surface area contributed by atoms with Crippen molar-refractivity contribution in [3.63, 3.8) is 0 Å².